The third-order valence-corrected chi connectivity index (χ3v) is 11.5. The molecule has 0 amide bonds. The maximum Gasteiger partial charge on any atom is 0.316 e. The molecule has 1 aromatic heterocycles. The van der Waals surface area contributed by atoms with Crippen LogP contribution in [0, 0.1) is 23.7 Å². The van der Waals surface area contributed by atoms with Gasteiger partial charge in [0.15, 0.2) is 12.1 Å². The summed E-state index contributed by atoms with van der Waals surface area (Å²) in [5.74, 6) is -4.81. The second-order valence-corrected chi connectivity index (χ2v) is 16.1. The number of aliphatic hydroxyl groups excluding tert-OH is 2. The summed E-state index contributed by atoms with van der Waals surface area (Å²) in [7, 11) is 5.16. The van der Waals surface area contributed by atoms with Gasteiger partial charge >= 0.3 is 5.97 Å². The molecule has 306 valence electrons. The van der Waals surface area contributed by atoms with Gasteiger partial charge in [0.05, 0.1) is 41.7 Å². The molecule has 0 spiro atoms. The van der Waals surface area contributed by atoms with E-state index in [-0.39, 0.29) is 31.6 Å². The van der Waals surface area contributed by atoms with Crippen molar-refractivity contribution in [2.45, 2.75) is 129 Å². The lowest BCUT2D eigenvalue weighted by atomic mass is 9.74. The highest BCUT2D eigenvalue weighted by atomic mass is 16.7. The Labute approximate surface area is 326 Å². The zero-order valence-electron chi connectivity index (χ0n) is 34.3. The van der Waals surface area contributed by atoms with Crippen LogP contribution in [0.25, 0.3) is 17.0 Å². The number of hydrogen-bond acceptors (Lipinski definition) is 13. The minimum absolute atomic E-state index is 0.0844. The number of aliphatic hydroxyl groups is 3. The second kappa shape index (κ2) is 18.8. The summed E-state index contributed by atoms with van der Waals surface area (Å²) >= 11 is 0. The number of fused-ring (bicyclic) bond motifs is 1. The quantitative estimate of drug-likeness (QED) is 0.182. The fourth-order valence-electron chi connectivity index (χ4n) is 8.27. The van der Waals surface area contributed by atoms with Crippen molar-refractivity contribution in [3.05, 3.63) is 48.2 Å². The van der Waals surface area contributed by atoms with Gasteiger partial charge in [-0.2, -0.15) is 0 Å². The third kappa shape index (κ3) is 10.2. The number of para-hydroxylation sites is 1. The zero-order valence-corrected chi connectivity index (χ0v) is 34.3. The number of nitrogens with zero attached hydrogens (tertiary/aromatic N) is 3. The Bertz CT molecular complexity index is 1660. The third-order valence-electron chi connectivity index (χ3n) is 11.5. The molecule has 4 rings (SSSR count). The van der Waals surface area contributed by atoms with Crippen LogP contribution in [0.2, 0.25) is 0 Å². The van der Waals surface area contributed by atoms with Crippen LogP contribution in [0.3, 0.4) is 0 Å². The fourth-order valence-corrected chi connectivity index (χ4v) is 8.27. The van der Waals surface area contributed by atoms with Crippen molar-refractivity contribution in [2.24, 2.45) is 28.8 Å². The average molecular weight is 770 g/mol. The van der Waals surface area contributed by atoms with Crippen molar-refractivity contribution >= 4 is 34.4 Å². The molecule has 0 unspecified atom stereocenters. The van der Waals surface area contributed by atoms with Crippen molar-refractivity contribution in [3.8, 4) is 0 Å². The van der Waals surface area contributed by atoms with E-state index in [4.69, 9.17) is 23.8 Å². The number of cyclic esters (lactones) is 1. The number of rotatable bonds is 9. The number of aromatic nitrogens is 1. The van der Waals surface area contributed by atoms with E-state index in [1.54, 1.807) is 27.0 Å². The normalized spacial score (nSPS) is 38.0. The summed E-state index contributed by atoms with van der Waals surface area (Å²) in [6, 6.07) is 9.57. The number of carbonyl (C=O) groups excluding carboxylic acids is 2. The zero-order chi connectivity index (χ0) is 40.8. The summed E-state index contributed by atoms with van der Waals surface area (Å²) in [6.07, 6.45) is 0.330. The van der Waals surface area contributed by atoms with E-state index in [0.29, 0.717) is 12.1 Å². The molecule has 13 heteroatoms. The molecule has 2 aromatic rings. The van der Waals surface area contributed by atoms with Crippen molar-refractivity contribution < 1.29 is 48.7 Å². The molecular formula is C42H63N3O10. The summed E-state index contributed by atoms with van der Waals surface area (Å²) in [5, 5.41) is 40.3. The molecule has 55 heavy (non-hydrogen) atoms. The van der Waals surface area contributed by atoms with E-state index in [1.807, 2.05) is 82.3 Å². The lowest BCUT2D eigenvalue weighted by molar-refractivity contribution is -0.296. The number of hydrogen-bond donors (Lipinski definition) is 3. The molecule has 2 fully saturated rings. The molecule has 3 N–H and O–H groups in total. The Morgan fingerprint density at radius 2 is 1.76 bits per heavy atom. The SMILES string of the molecule is CC[C@H]1OC(=O)[C@H](C)C(=O)[C@H](C)[C@@H](O[C@@H]2O[C@H](C)C[C@H](N(C)C)[C@H]2O)[C@@](C)(OC/C=C/c2cnc3ccccc3c2)C[C@@H](C)/C(=N\OC)[C@H](C)[C@@H](O)[C@]1(C)O. The van der Waals surface area contributed by atoms with E-state index < -0.39 is 77.3 Å². The molecule has 2 aliphatic heterocycles. The van der Waals surface area contributed by atoms with Crippen molar-refractivity contribution in [1.29, 1.82) is 0 Å². The van der Waals surface area contributed by atoms with Gasteiger partial charge in [-0.3, -0.25) is 14.6 Å². The molecule has 13 nitrogen and oxygen atoms in total. The predicted octanol–water partition coefficient (Wildman–Crippen LogP) is 4.79. The van der Waals surface area contributed by atoms with Crippen LogP contribution in [-0.4, -0.2) is 125 Å². The maximum absolute atomic E-state index is 14.4. The molecule has 13 atom stereocenters. The van der Waals surface area contributed by atoms with Gasteiger partial charge in [-0.25, -0.2) is 0 Å². The number of Topliss-reactive ketones (excluding diaryl/α,β-unsaturated/α-hetero) is 1. The monoisotopic (exact) mass is 769 g/mol. The van der Waals surface area contributed by atoms with Crippen LogP contribution in [0.1, 0.15) is 80.2 Å². The largest absolute Gasteiger partial charge is 0.459 e. The van der Waals surface area contributed by atoms with Crippen molar-refractivity contribution in [2.75, 3.05) is 27.8 Å². The van der Waals surface area contributed by atoms with Crippen LogP contribution in [0.5, 0.6) is 0 Å². The Kier molecular flexibility index (Phi) is 15.2. The lowest BCUT2D eigenvalue weighted by Crippen LogP contribution is -2.60. The lowest BCUT2D eigenvalue weighted by Gasteiger charge is -2.47. The molecule has 0 saturated carbocycles. The van der Waals surface area contributed by atoms with Gasteiger partial charge in [0.2, 0.25) is 0 Å². The van der Waals surface area contributed by atoms with Crippen LogP contribution in [0.4, 0.5) is 0 Å². The van der Waals surface area contributed by atoms with Crippen LogP contribution < -0.4 is 0 Å². The summed E-state index contributed by atoms with van der Waals surface area (Å²) in [6.45, 7) is 13.7. The average Bonchev–Trinajstić information content (AvgIpc) is 3.15. The van der Waals surface area contributed by atoms with Gasteiger partial charge in [0, 0.05) is 35.4 Å². The summed E-state index contributed by atoms with van der Waals surface area (Å²) in [5.41, 5.74) is -1.04. The van der Waals surface area contributed by atoms with Gasteiger partial charge < -0.3 is 44.0 Å². The Hall–Kier alpha value is -3.30. The molecule has 1 aromatic carbocycles. The first-order chi connectivity index (χ1) is 25.9. The van der Waals surface area contributed by atoms with Crippen LogP contribution in [-0.2, 0) is 33.4 Å². The van der Waals surface area contributed by atoms with Crippen molar-refractivity contribution in [3.63, 3.8) is 0 Å². The van der Waals surface area contributed by atoms with Gasteiger partial charge in [0.25, 0.3) is 0 Å². The van der Waals surface area contributed by atoms with Crippen molar-refractivity contribution in [1.82, 2.24) is 9.88 Å². The van der Waals surface area contributed by atoms with E-state index >= 15 is 0 Å². The molecule has 2 saturated heterocycles. The van der Waals surface area contributed by atoms with E-state index in [0.717, 1.165) is 16.5 Å². The van der Waals surface area contributed by atoms with Crippen LogP contribution >= 0.6 is 0 Å². The molecular weight excluding hydrogens is 706 g/mol. The van der Waals surface area contributed by atoms with Gasteiger partial charge in [0.1, 0.15) is 30.8 Å². The van der Waals surface area contributed by atoms with Crippen LogP contribution in [0.15, 0.2) is 47.8 Å². The molecule has 2 aliphatic rings. The predicted molar refractivity (Wildman–Crippen MR) is 210 cm³/mol. The fraction of sp³-hybridized carbons (Fsp3) is 0.667. The van der Waals surface area contributed by atoms with Gasteiger partial charge in [-0.15, -0.1) is 0 Å². The molecule has 3 heterocycles. The number of benzene rings is 1. The van der Waals surface area contributed by atoms with Gasteiger partial charge in [-0.05, 0) is 78.7 Å². The topological polar surface area (TPSA) is 169 Å². The second-order valence-electron chi connectivity index (χ2n) is 16.1. The summed E-state index contributed by atoms with van der Waals surface area (Å²) < 4.78 is 25.6. The highest BCUT2D eigenvalue weighted by Crippen LogP contribution is 2.39. The molecule has 0 bridgehead atoms. The minimum Gasteiger partial charge on any atom is -0.459 e. The highest BCUT2D eigenvalue weighted by Gasteiger charge is 2.52. The number of ketones is 1. The maximum atomic E-state index is 14.4. The minimum atomic E-state index is -1.90. The Morgan fingerprint density at radius 1 is 1.07 bits per heavy atom. The number of pyridine rings is 1. The Balaban J connectivity index is 1.83. The number of ether oxygens (including phenoxy) is 4. The first-order valence-electron chi connectivity index (χ1n) is 19.4. The first kappa shape index (κ1) is 44.4. The number of likely N-dealkylation sites (N-methyl/N-ethyl adjacent to an activating group) is 1. The number of oxime groups is 1. The highest BCUT2D eigenvalue weighted by molar-refractivity contribution is 6.00. The number of carbonyl (C=O) groups is 2. The van der Waals surface area contributed by atoms with Gasteiger partial charge in [-0.1, -0.05) is 63.2 Å². The first-order valence-corrected chi connectivity index (χ1v) is 19.4. The van der Waals surface area contributed by atoms with E-state index in [9.17, 15) is 24.9 Å². The molecule has 0 radical (unpaired) electrons. The molecule has 0 aliphatic carbocycles. The number of esters is 1. The summed E-state index contributed by atoms with van der Waals surface area (Å²) in [4.78, 5) is 39.8. The van der Waals surface area contributed by atoms with E-state index in [2.05, 4.69) is 10.1 Å². The van der Waals surface area contributed by atoms with E-state index in [1.165, 1.54) is 21.0 Å². The standard InChI is InChI=1S/C42H63N3O10/c1-12-33-42(8,50)37(48)26(4)34(44-51-11)24(2)22-41(7,52-19-15-16-29-21-30-17-13-14-18-31(30)43-23-29)38(27(5)35(46)28(6)39(49)54-33)55-40-36(47)32(45(9)10)20-25(3)53-40/h13-18,21,23-28,32-33,36-38,40,47-48,50H,12,19-20,22H2,1-11H3/b16-15+,44-34+/t24-,25-,26+,27+,28-,32+,33-,36-,37-,38-,40+,41+,42-/m1/s1. The smallest absolute Gasteiger partial charge is 0.316 e. The Morgan fingerprint density at radius 3 is 2.42 bits per heavy atom.